The van der Waals surface area contributed by atoms with Gasteiger partial charge >= 0.3 is 0 Å². The molecule has 1 heterocycles. The van der Waals surface area contributed by atoms with Crippen molar-refractivity contribution >= 4 is 0 Å². The largest absolute Gasteiger partial charge is 0.491 e. The molecule has 0 aliphatic heterocycles. The van der Waals surface area contributed by atoms with E-state index in [0.29, 0.717) is 17.3 Å². The molecule has 13 heavy (non-hydrogen) atoms. The third-order valence-corrected chi connectivity index (χ3v) is 1.81. The molecule has 1 rings (SSSR count). The maximum atomic E-state index is 8.94. The van der Waals surface area contributed by atoms with Crippen molar-refractivity contribution in [1.29, 1.82) is 0 Å². The second kappa shape index (κ2) is 4.09. The Balaban J connectivity index is 3.18. The summed E-state index contributed by atoms with van der Waals surface area (Å²) in [6, 6.07) is 1.79. The van der Waals surface area contributed by atoms with Gasteiger partial charge in [0.15, 0.2) is 5.75 Å². The van der Waals surface area contributed by atoms with Gasteiger partial charge in [-0.25, -0.2) is 4.98 Å². The predicted molar refractivity (Wildman–Crippen MR) is 48.0 cm³/mol. The molecule has 72 valence electrons. The molecule has 0 amide bonds. The number of aliphatic hydroxyl groups is 1. The maximum absolute atomic E-state index is 8.94. The number of aryl methyl sites for hydroxylation is 1. The smallest absolute Gasteiger partial charge is 0.257 e. The van der Waals surface area contributed by atoms with E-state index in [1.807, 2.05) is 6.92 Å². The van der Waals surface area contributed by atoms with E-state index in [2.05, 4.69) is 4.98 Å². The minimum absolute atomic E-state index is 0.0911. The van der Waals surface area contributed by atoms with Crippen LogP contribution in [0.5, 0.6) is 11.6 Å². The zero-order valence-corrected chi connectivity index (χ0v) is 8.00. The van der Waals surface area contributed by atoms with Crippen molar-refractivity contribution in [3.05, 3.63) is 17.3 Å². The van der Waals surface area contributed by atoms with Crippen LogP contribution in [-0.2, 0) is 6.61 Å². The van der Waals surface area contributed by atoms with E-state index >= 15 is 0 Å². The van der Waals surface area contributed by atoms with E-state index in [4.69, 9.17) is 14.6 Å². The molecule has 0 spiro atoms. The predicted octanol–water partition coefficient (Wildman–Crippen LogP) is 0.900. The zero-order chi connectivity index (χ0) is 9.84. The molecule has 0 bridgehead atoms. The Kier molecular flexibility index (Phi) is 3.08. The van der Waals surface area contributed by atoms with Crippen LogP contribution in [0.25, 0.3) is 0 Å². The first-order chi connectivity index (χ1) is 6.22. The number of aromatic nitrogens is 1. The van der Waals surface area contributed by atoms with Crippen LogP contribution in [0.2, 0.25) is 0 Å². The molecule has 0 saturated heterocycles. The van der Waals surface area contributed by atoms with E-state index in [1.165, 1.54) is 7.11 Å². The lowest BCUT2D eigenvalue weighted by molar-refractivity contribution is 0.271. The minimum Gasteiger partial charge on any atom is -0.491 e. The average Bonchev–Trinajstić information content (AvgIpc) is 2.17. The van der Waals surface area contributed by atoms with E-state index in [0.717, 1.165) is 5.56 Å². The van der Waals surface area contributed by atoms with Crippen LogP contribution in [0.4, 0.5) is 0 Å². The molecular weight excluding hydrogens is 170 g/mol. The van der Waals surface area contributed by atoms with Gasteiger partial charge in [0.2, 0.25) is 0 Å². The summed E-state index contributed by atoms with van der Waals surface area (Å²) in [7, 11) is 3.07. The Hall–Kier alpha value is -1.29. The lowest BCUT2D eigenvalue weighted by Gasteiger charge is -2.09. The van der Waals surface area contributed by atoms with Crippen molar-refractivity contribution in [2.45, 2.75) is 13.5 Å². The van der Waals surface area contributed by atoms with Crippen molar-refractivity contribution < 1.29 is 14.6 Å². The zero-order valence-electron chi connectivity index (χ0n) is 8.00. The Bertz CT molecular complexity index is 299. The van der Waals surface area contributed by atoms with Crippen LogP contribution in [0.3, 0.4) is 0 Å². The molecule has 4 nitrogen and oxygen atoms in total. The van der Waals surface area contributed by atoms with E-state index in [1.54, 1.807) is 13.2 Å². The average molecular weight is 183 g/mol. The normalized spacial score (nSPS) is 9.85. The third kappa shape index (κ3) is 1.89. The highest BCUT2D eigenvalue weighted by Crippen LogP contribution is 2.26. The standard InChI is InChI=1S/C9H13NO3/c1-6-4-8(12-2)9(13-3)10-7(6)5-11/h4,11H,5H2,1-3H3. The van der Waals surface area contributed by atoms with Crippen molar-refractivity contribution in [3.63, 3.8) is 0 Å². The van der Waals surface area contributed by atoms with Gasteiger partial charge in [-0.3, -0.25) is 0 Å². The lowest BCUT2D eigenvalue weighted by atomic mass is 10.2. The Morgan fingerprint density at radius 1 is 1.38 bits per heavy atom. The van der Waals surface area contributed by atoms with Gasteiger partial charge in [-0.2, -0.15) is 0 Å². The van der Waals surface area contributed by atoms with Crippen LogP contribution in [-0.4, -0.2) is 24.3 Å². The second-order valence-electron chi connectivity index (χ2n) is 2.62. The monoisotopic (exact) mass is 183 g/mol. The Morgan fingerprint density at radius 2 is 2.08 bits per heavy atom. The first-order valence-electron chi connectivity index (χ1n) is 3.92. The summed E-state index contributed by atoms with van der Waals surface area (Å²) in [6.45, 7) is 1.77. The molecule has 0 aliphatic rings. The first-order valence-corrected chi connectivity index (χ1v) is 3.92. The van der Waals surface area contributed by atoms with Gasteiger partial charge in [0.25, 0.3) is 5.88 Å². The molecule has 0 aliphatic carbocycles. The van der Waals surface area contributed by atoms with Crippen LogP contribution in [0.1, 0.15) is 11.3 Å². The van der Waals surface area contributed by atoms with Gasteiger partial charge in [0.1, 0.15) is 0 Å². The molecule has 0 fully saturated rings. The topological polar surface area (TPSA) is 51.6 Å². The number of methoxy groups -OCH3 is 2. The highest BCUT2D eigenvalue weighted by molar-refractivity contribution is 5.39. The number of ether oxygens (including phenoxy) is 2. The molecule has 1 aromatic rings. The highest BCUT2D eigenvalue weighted by atomic mass is 16.5. The SMILES string of the molecule is COc1cc(C)c(CO)nc1OC. The Morgan fingerprint density at radius 3 is 2.54 bits per heavy atom. The molecule has 1 N–H and O–H groups in total. The maximum Gasteiger partial charge on any atom is 0.257 e. The van der Waals surface area contributed by atoms with Crippen LogP contribution >= 0.6 is 0 Å². The number of aliphatic hydroxyl groups excluding tert-OH is 1. The van der Waals surface area contributed by atoms with Crippen LogP contribution in [0, 0.1) is 6.92 Å². The van der Waals surface area contributed by atoms with Gasteiger partial charge < -0.3 is 14.6 Å². The third-order valence-electron chi connectivity index (χ3n) is 1.81. The number of hydrogen-bond acceptors (Lipinski definition) is 4. The highest BCUT2D eigenvalue weighted by Gasteiger charge is 2.08. The van der Waals surface area contributed by atoms with Gasteiger partial charge in [-0.1, -0.05) is 0 Å². The molecule has 0 atom stereocenters. The Labute approximate surface area is 77.1 Å². The summed E-state index contributed by atoms with van der Waals surface area (Å²) in [4.78, 5) is 4.08. The van der Waals surface area contributed by atoms with Crippen LogP contribution < -0.4 is 9.47 Å². The van der Waals surface area contributed by atoms with Crippen molar-refractivity contribution in [3.8, 4) is 11.6 Å². The molecule has 1 aromatic heterocycles. The number of nitrogens with zero attached hydrogens (tertiary/aromatic N) is 1. The summed E-state index contributed by atoms with van der Waals surface area (Å²) < 4.78 is 10.0. The fourth-order valence-electron chi connectivity index (χ4n) is 1.06. The second-order valence-corrected chi connectivity index (χ2v) is 2.62. The summed E-state index contributed by atoms with van der Waals surface area (Å²) in [5.74, 6) is 0.981. The van der Waals surface area contributed by atoms with E-state index < -0.39 is 0 Å². The van der Waals surface area contributed by atoms with E-state index in [-0.39, 0.29) is 6.61 Å². The molecule has 0 saturated carbocycles. The van der Waals surface area contributed by atoms with Gasteiger partial charge in [0, 0.05) is 0 Å². The van der Waals surface area contributed by atoms with Crippen molar-refractivity contribution in [2.24, 2.45) is 0 Å². The van der Waals surface area contributed by atoms with Gasteiger partial charge in [-0.15, -0.1) is 0 Å². The van der Waals surface area contributed by atoms with Crippen molar-refractivity contribution in [1.82, 2.24) is 4.98 Å². The first kappa shape index (κ1) is 9.80. The molecule has 0 radical (unpaired) electrons. The summed E-state index contributed by atoms with van der Waals surface area (Å²) in [5.41, 5.74) is 1.50. The lowest BCUT2D eigenvalue weighted by Crippen LogP contribution is -2.00. The number of rotatable bonds is 3. The quantitative estimate of drug-likeness (QED) is 0.756. The number of pyridine rings is 1. The van der Waals surface area contributed by atoms with Crippen molar-refractivity contribution in [2.75, 3.05) is 14.2 Å². The minimum atomic E-state index is -0.0911. The summed E-state index contributed by atoms with van der Waals surface area (Å²) in [5, 5.41) is 8.94. The van der Waals surface area contributed by atoms with Crippen LogP contribution in [0.15, 0.2) is 6.07 Å². The fraction of sp³-hybridized carbons (Fsp3) is 0.444. The molecular formula is C9H13NO3. The fourth-order valence-corrected chi connectivity index (χ4v) is 1.06. The van der Waals surface area contributed by atoms with E-state index in [9.17, 15) is 0 Å². The summed E-state index contributed by atoms with van der Waals surface area (Å²) >= 11 is 0. The van der Waals surface area contributed by atoms with Gasteiger partial charge in [0.05, 0.1) is 26.5 Å². The summed E-state index contributed by atoms with van der Waals surface area (Å²) in [6.07, 6.45) is 0. The molecule has 4 heteroatoms. The molecule has 0 unspecified atom stereocenters. The van der Waals surface area contributed by atoms with Gasteiger partial charge in [-0.05, 0) is 18.6 Å². The number of hydrogen-bond donors (Lipinski definition) is 1. The molecule has 0 aromatic carbocycles.